The number of primary amides is 1. The predicted molar refractivity (Wildman–Crippen MR) is 127 cm³/mol. The molecule has 1 saturated heterocycles. The van der Waals surface area contributed by atoms with Crippen LogP contribution in [0.3, 0.4) is 0 Å². The largest absolute Gasteiger partial charge is 0.493 e. The minimum atomic E-state index is -3.36. The number of nitrogens with zero attached hydrogens (tertiary/aromatic N) is 1. The molecule has 32 heavy (non-hydrogen) atoms. The number of amides is 1. The molecule has 2 N–H and O–H groups in total. The number of hydrogen-bond donors (Lipinski definition) is 1. The summed E-state index contributed by atoms with van der Waals surface area (Å²) in [6.45, 7) is -5.09. The van der Waals surface area contributed by atoms with Crippen LogP contribution in [0, 0.1) is 5.92 Å². The third kappa shape index (κ3) is 3.69. The number of benzene rings is 3. The normalized spacial score (nSPS) is 29.2. The van der Waals surface area contributed by atoms with E-state index in [1.807, 2.05) is 0 Å². The molecule has 2 aliphatic heterocycles. The van der Waals surface area contributed by atoms with Gasteiger partial charge in [0, 0.05) is 27.6 Å². The highest BCUT2D eigenvalue weighted by Crippen LogP contribution is 2.43. The third-order valence-electron chi connectivity index (χ3n) is 5.56. The zero-order valence-electron chi connectivity index (χ0n) is 35.7. The van der Waals surface area contributed by atoms with Gasteiger partial charge < -0.3 is 15.4 Å². The van der Waals surface area contributed by atoms with Crippen LogP contribution in [0.5, 0.6) is 5.75 Å². The Morgan fingerprint density at radius 2 is 1.81 bits per heavy atom. The van der Waals surface area contributed by atoms with Crippen LogP contribution in [0.1, 0.15) is 54.7 Å². The molecule has 1 amide bonds. The fourth-order valence-electron chi connectivity index (χ4n) is 4.10. The van der Waals surface area contributed by atoms with Crippen molar-refractivity contribution in [3.8, 4) is 5.75 Å². The van der Waals surface area contributed by atoms with Gasteiger partial charge in [0.25, 0.3) is 0 Å². The van der Waals surface area contributed by atoms with Crippen molar-refractivity contribution in [3.05, 3.63) is 101 Å². The second-order valence-electron chi connectivity index (χ2n) is 7.26. The third-order valence-corrected chi connectivity index (χ3v) is 5.56. The van der Waals surface area contributed by atoms with Gasteiger partial charge in [-0.15, -0.1) is 0 Å². The molecule has 2 heterocycles. The predicted octanol–water partition coefficient (Wildman–Crippen LogP) is 3.96. The van der Waals surface area contributed by atoms with Crippen molar-refractivity contribution >= 4 is 5.91 Å². The Morgan fingerprint density at radius 3 is 2.47 bits per heavy atom. The maximum Gasteiger partial charge on any atom is 0.232 e. The minimum absolute atomic E-state index is 0.380. The van der Waals surface area contributed by atoms with Crippen LogP contribution >= 0.6 is 0 Å². The van der Waals surface area contributed by atoms with E-state index in [0.717, 1.165) is 4.90 Å². The zero-order chi connectivity index (χ0) is 38.7. The SMILES string of the molecule is [2H]c1c([2H])c([2H])c(C(C(N)=O)(c2c([2H])c([2H])c([2H])c([2H])c2[2H])[C@@H]2CCN(C([2H])([2H])C([2H])([2H])c3c([2H])c([2H])c4c(c3[2H])C([2H])([2H])CO4)C2)c([2H])c1[2H]. The maximum atomic E-state index is 14.0. The van der Waals surface area contributed by atoms with Crippen LogP contribution in [0.2, 0.25) is 0 Å². The first kappa shape index (κ1) is 8.35. The number of hydrogen-bond acceptors (Lipinski definition) is 3. The molecular formula is C28H30N2O2. The number of carbonyl (C=O) groups excluding carboxylic acids is 1. The van der Waals surface area contributed by atoms with Crippen molar-refractivity contribution in [2.75, 3.05) is 26.2 Å². The molecule has 1 atom stereocenters. The number of fused-ring (bicyclic) bond motifs is 1. The van der Waals surface area contributed by atoms with Gasteiger partial charge in [-0.3, -0.25) is 4.79 Å². The summed E-state index contributed by atoms with van der Waals surface area (Å²) in [6, 6.07) is -12.1. The van der Waals surface area contributed by atoms with E-state index in [1.165, 1.54) is 0 Å². The average molecular weight is 446 g/mol. The summed E-state index contributed by atoms with van der Waals surface area (Å²) in [5.74, 6) is -3.48. The number of rotatable bonds is 7. The molecular weight excluding hydrogens is 396 g/mol. The Balaban J connectivity index is 1.77. The van der Waals surface area contributed by atoms with Crippen LogP contribution in [0.4, 0.5) is 0 Å². The number of likely N-dealkylation sites (tertiary alicyclic amines) is 1. The van der Waals surface area contributed by atoms with E-state index in [1.54, 1.807) is 0 Å². The Kier molecular flexibility index (Phi) is 2.29. The lowest BCUT2D eigenvalue weighted by atomic mass is 9.64. The Hall–Kier alpha value is -3.11. The molecule has 4 heteroatoms. The highest BCUT2D eigenvalue weighted by molar-refractivity contribution is 5.91. The number of nitrogens with two attached hydrogens (primary N) is 1. The quantitative estimate of drug-likeness (QED) is 0.599. The molecule has 0 saturated carbocycles. The summed E-state index contributed by atoms with van der Waals surface area (Å²) in [5.41, 5.74) is 0.0193. The van der Waals surface area contributed by atoms with Crippen LogP contribution in [0.15, 0.2) is 78.6 Å². The van der Waals surface area contributed by atoms with Gasteiger partial charge in [0.15, 0.2) is 0 Å². The van der Waals surface area contributed by atoms with Crippen molar-refractivity contribution < 1.29 is 35.6 Å². The first-order chi connectivity index (χ1) is 23.3. The molecule has 0 bridgehead atoms. The summed E-state index contributed by atoms with van der Waals surface area (Å²) < 4.78 is 167. The molecule has 0 aliphatic carbocycles. The van der Waals surface area contributed by atoms with E-state index in [-0.39, 0.29) is 6.42 Å². The summed E-state index contributed by atoms with van der Waals surface area (Å²) >= 11 is 0. The van der Waals surface area contributed by atoms with Gasteiger partial charge in [0.05, 0.1) is 24.4 Å². The van der Waals surface area contributed by atoms with Crippen LogP contribution < -0.4 is 10.5 Å². The molecule has 3 aromatic rings. The second kappa shape index (κ2) is 8.79. The average Bonchev–Trinajstić information content (AvgIpc) is 3.68. The van der Waals surface area contributed by atoms with Crippen LogP contribution in [-0.2, 0) is 23.0 Å². The van der Waals surface area contributed by atoms with Crippen molar-refractivity contribution in [2.24, 2.45) is 11.7 Å². The fourth-order valence-corrected chi connectivity index (χ4v) is 4.10. The second-order valence-corrected chi connectivity index (χ2v) is 7.26. The molecule has 0 aromatic heterocycles. The summed E-state index contributed by atoms with van der Waals surface area (Å²) in [6.07, 6.45) is -6.11. The first-order valence-electron chi connectivity index (χ1n) is 19.3. The lowest BCUT2D eigenvalue weighted by Gasteiger charge is -2.37. The molecule has 5 rings (SSSR count). The highest BCUT2D eigenvalue weighted by atomic mass is 16.5. The van der Waals surface area contributed by atoms with Crippen LogP contribution in [-0.4, -0.2) is 37.0 Å². The van der Waals surface area contributed by atoms with E-state index in [4.69, 9.17) is 36.5 Å². The van der Waals surface area contributed by atoms with Crippen molar-refractivity contribution in [2.45, 2.75) is 24.6 Å². The Bertz CT molecular complexity index is 1890. The lowest BCUT2D eigenvalue weighted by molar-refractivity contribution is -0.123. The molecule has 2 aliphatic rings. The van der Waals surface area contributed by atoms with E-state index >= 15 is 0 Å². The topological polar surface area (TPSA) is 55.6 Å². The van der Waals surface area contributed by atoms with Gasteiger partial charge in [-0.25, -0.2) is 0 Å². The summed E-state index contributed by atoms with van der Waals surface area (Å²) in [7, 11) is 0. The van der Waals surface area contributed by atoms with E-state index in [2.05, 4.69) is 0 Å². The number of carbonyl (C=O) groups is 1. The Morgan fingerprint density at radius 1 is 1.12 bits per heavy atom. The van der Waals surface area contributed by atoms with Crippen molar-refractivity contribution in [1.82, 2.24) is 4.90 Å². The van der Waals surface area contributed by atoms with E-state index in [9.17, 15) is 4.79 Å². The molecule has 4 nitrogen and oxygen atoms in total. The zero-order valence-corrected chi connectivity index (χ0v) is 16.7. The molecule has 164 valence electrons. The summed E-state index contributed by atoms with van der Waals surface area (Å²) in [5, 5.41) is 0. The summed E-state index contributed by atoms with van der Waals surface area (Å²) in [4.78, 5) is 14.8. The fraction of sp³-hybridized carbons (Fsp3) is 0.321. The highest BCUT2D eigenvalue weighted by Gasteiger charge is 2.49. The van der Waals surface area contributed by atoms with Gasteiger partial charge in [0.2, 0.25) is 5.91 Å². The lowest BCUT2D eigenvalue weighted by Crippen LogP contribution is -2.49. The first-order valence-corrected chi connectivity index (χ1v) is 9.80. The van der Waals surface area contributed by atoms with Gasteiger partial charge >= 0.3 is 0 Å². The molecule has 0 radical (unpaired) electrons. The van der Waals surface area contributed by atoms with Crippen molar-refractivity contribution in [1.29, 1.82) is 0 Å². The molecule has 0 unspecified atom stereocenters. The van der Waals surface area contributed by atoms with E-state index in [0.29, 0.717) is 0 Å². The van der Waals surface area contributed by atoms with Gasteiger partial charge in [-0.2, -0.15) is 0 Å². The minimum Gasteiger partial charge on any atom is -0.493 e. The smallest absolute Gasteiger partial charge is 0.232 e. The standard InChI is InChI=1S/C28H30N2O2/c29-27(31)28(23-7-3-1-4-8-23,24-9-5-2-6-10-24)25-14-17-30(20-25)16-13-21-11-12-26-22(19-21)15-18-32-26/h1-12,19,25H,13-18,20H2,(H2,29,31)/t25-/m1/s1/i1D,2D,3D,4D,5D,6D,7D,8D,9D,10D,11D,12D,13D2,15D2,16D2,19D. The Labute approximate surface area is 216 Å². The molecule has 3 aromatic carbocycles. The van der Waals surface area contributed by atoms with Gasteiger partial charge in [-0.1, -0.05) is 72.5 Å². The molecule has 1 fully saturated rings. The number of ether oxygens (including phenoxy) is 1. The monoisotopic (exact) mass is 445 g/mol. The molecule has 0 spiro atoms. The van der Waals surface area contributed by atoms with Gasteiger partial charge in [0.1, 0.15) is 11.2 Å². The van der Waals surface area contributed by atoms with E-state index < -0.39 is 163 Å². The maximum absolute atomic E-state index is 14.0. The van der Waals surface area contributed by atoms with Gasteiger partial charge in [-0.05, 0) is 53.6 Å². The van der Waals surface area contributed by atoms with Crippen LogP contribution in [0.25, 0.3) is 0 Å². The van der Waals surface area contributed by atoms with Crippen molar-refractivity contribution in [3.63, 3.8) is 0 Å².